The Bertz CT molecular complexity index is 288. The summed E-state index contributed by atoms with van der Waals surface area (Å²) in [6.07, 6.45) is 0.208. The summed E-state index contributed by atoms with van der Waals surface area (Å²) in [6, 6.07) is -0.452. The van der Waals surface area contributed by atoms with E-state index in [1.165, 1.54) is 0 Å². The normalized spacial score (nSPS) is 27.8. The highest BCUT2D eigenvalue weighted by Gasteiger charge is 2.29. The molecule has 7 nitrogen and oxygen atoms in total. The van der Waals surface area contributed by atoms with Gasteiger partial charge >= 0.3 is 0 Å². The SMILES string of the molecule is CN1CCN(NC(=O)C2CC(=O)NN2)CC1. The van der Waals surface area contributed by atoms with Crippen LogP contribution < -0.4 is 16.3 Å². The van der Waals surface area contributed by atoms with Gasteiger partial charge in [-0.15, -0.1) is 0 Å². The molecule has 1 atom stereocenters. The van der Waals surface area contributed by atoms with Gasteiger partial charge < -0.3 is 4.90 Å². The molecule has 1 unspecified atom stereocenters. The Kier molecular flexibility index (Phi) is 3.37. The summed E-state index contributed by atoms with van der Waals surface area (Å²) in [5.41, 5.74) is 7.89. The first kappa shape index (κ1) is 11.3. The maximum absolute atomic E-state index is 11.7. The maximum atomic E-state index is 11.7. The molecule has 2 heterocycles. The lowest BCUT2D eigenvalue weighted by atomic mass is 10.2. The summed E-state index contributed by atoms with van der Waals surface area (Å²) >= 11 is 0. The van der Waals surface area contributed by atoms with Gasteiger partial charge in [0.25, 0.3) is 5.91 Å². The lowest BCUT2D eigenvalue weighted by Gasteiger charge is -2.32. The molecule has 2 aliphatic heterocycles. The lowest BCUT2D eigenvalue weighted by Crippen LogP contribution is -2.56. The molecule has 2 amide bonds. The molecule has 0 spiro atoms. The molecule has 0 aromatic carbocycles. The average molecular weight is 227 g/mol. The third kappa shape index (κ3) is 2.69. The number of likely N-dealkylation sites (N-methyl/N-ethyl adjacent to an activating group) is 1. The predicted octanol–water partition coefficient (Wildman–Crippen LogP) is -2.34. The molecule has 7 heteroatoms. The smallest absolute Gasteiger partial charge is 0.253 e. The summed E-state index contributed by atoms with van der Waals surface area (Å²) in [4.78, 5) is 24.8. The number of piperazine rings is 1. The van der Waals surface area contributed by atoms with Gasteiger partial charge in [-0.3, -0.25) is 20.4 Å². The highest BCUT2D eigenvalue weighted by Crippen LogP contribution is 2.00. The van der Waals surface area contributed by atoms with Gasteiger partial charge in [0, 0.05) is 26.2 Å². The molecular weight excluding hydrogens is 210 g/mol. The zero-order valence-electron chi connectivity index (χ0n) is 9.32. The number of nitrogens with one attached hydrogen (secondary N) is 3. The molecule has 3 N–H and O–H groups in total. The standard InChI is InChI=1S/C9H17N5O2/c1-13-2-4-14(5-3-13)12-9(16)7-6-8(15)11-10-7/h7,10H,2-6H2,1H3,(H,11,15)(H,12,16). The summed E-state index contributed by atoms with van der Waals surface area (Å²) in [7, 11) is 2.06. The summed E-state index contributed by atoms with van der Waals surface area (Å²) in [5.74, 6) is -0.290. The molecule has 2 saturated heterocycles. The predicted molar refractivity (Wildman–Crippen MR) is 56.9 cm³/mol. The van der Waals surface area contributed by atoms with Gasteiger partial charge in [-0.25, -0.2) is 10.4 Å². The molecule has 2 rings (SSSR count). The van der Waals surface area contributed by atoms with E-state index in [1.54, 1.807) is 0 Å². The second-order valence-corrected chi connectivity index (χ2v) is 4.22. The van der Waals surface area contributed by atoms with E-state index in [9.17, 15) is 9.59 Å². The number of hydrogen-bond donors (Lipinski definition) is 3. The van der Waals surface area contributed by atoms with Crippen molar-refractivity contribution < 1.29 is 9.59 Å². The van der Waals surface area contributed by atoms with Crippen LogP contribution in [0.3, 0.4) is 0 Å². The molecule has 16 heavy (non-hydrogen) atoms. The molecule has 0 bridgehead atoms. The monoisotopic (exact) mass is 227 g/mol. The molecule has 0 aliphatic carbocycles. The molecule has 0 radical (unpaired) electrons. The average Bonchev–Trinajstić information content (AvgIpc) is 2.68. The molecule has 2 fully saturated rings. The van der Waals surface area contributed by atoms with E-state index in [-0.39, 0.29) is 18.2 Å². The first-order chi connectivity index (χ1) is 7.65. The van der Waals surface area contributed by atoms with Crippen LogP contribution >= 0.6 is 0 Å². The molecule has 0 saturated carbocycles. The van der Waals surface area contributed by atoms with E-state index >= 15 is 0 Å². The van der Waals surface area contributed by atoms with Crippen LogP contribution in [0.5, 0.6) is 0 Å². The minimum Gasteiger partial charge on any atom is -0.304 e. The Morgan fingerprint density at radius 3 is 2.62 bits per heavy atom. The van der Waals surface area contributed by atoms with Gasteiger partial charge in [-0.1, -0.05) is 0 Å². The largest absolute Gasteiger partial charge is 0.304 e. The van der Waals surface area contributed by atoms with E-state index in [1.807, 2.05) is 5.01 Å². The fourth-order valence-corrected chi connectivity index (χ4v) is 1.77. The van der Waals surface area contributed by atoms with Crippen LogP contribution in [0, 0.1) is 0 Å². The van der Waals surface area contributed by atoms with Crippen molar-refractivity contribution >= 4 is 11.8 Å². The van der Waals surface area contributed by atoms with Crippen molar-refractivity contribution in [2.45, 2.75) is 12.5 Å². The van der Waals surface area contributed by atoms with Gasteiger partial charge in [0.1, 0.15) is 6.04 Å². The molecule has 0 aromatic rings. The van der Waals surface area contributed by atoms with Crippen LogP contribution in [0.4, 0.5) is 0 Å². The third-order valence-electron chi connectivity index (χ3n) is 2.86. The van der Waals surface area contributed by atoms with Crippen molar-refractivity contribution in [2.75, 3.05) is 33.2 Å². The number of carbonyl (C=O) groups is 2. The lowest BCUT2D eigenvalue weighted by molar-refractivity contribution is -0.129. The van der Waals surface area contributed by atoms with E-state index < -0.39 is 6.04 Å². The number of nitrogens with zero attached hydrogens (tertiary/aromatic N) is 2. The van der Waals surface area contributed by atoms with Crippen LogP contribution in [-0.4, -0.2) is 61.0 Å². The number of rotatable bonds is 2. The van der Waals surface area contributed by atoms with Crippen LogP contribution in [0.15, 0.2) is 0 Å². The first-order valence-corrected chi connectivity index (χ1v) is 5.43. The number of amides is 2. The molecular formula is C9H17N5O2. The number of hydrogen-bond acceptors (Lipinski definition) is 5. The Balaban J connectivity index is 1.77. The van der Waals surface area contributed by atoms with Crippen molar-refractivity contribution in [1.82, 2.24) is 26.2 Å². The minimum atomic E-state index is -0.452. The van der Waals surface area contributed by atoms with Gasteiger partial charge in [0.05, 0.1) is 6.42 Å². The van der Waals surface area contributed by atoms with Crippen LogP contribution in [0.2, 0.25) is 0 Å². The van der Waals surface area contributed by atoms with E-state index in [0.29, 0.717) is 0 Å². The summed E-state index contributed by atoms with van der Waals surface area (Å²) in [5, 5.41) is 1.90. The second-order valence-electron chi connectivity index (χ2n) is 4.22. The van der Waals surface area contributed by atoms with Crippen LogP contribution in [-0.2, 0) is 9.59 Å². The van der Waals surface area contributed by atoms with Crippen molar-refractivity contribution in [3.8, 4) is 0 Å². The zero-order valence-corrected chi connectivity index (χ0v) is 9.32. The van der Waals surface area contributed by atoms with Crippen LogP contribution in [0.25, 0.3) is 0 Å². The fourth-order valence-electron chi connectivity index (χ4n) is 1.77. The zero-order chi connectivity index (χ0) is 11.5. The van der Waals surface area contributed by atoms with Crippen LogP contribution in [0.1, 0.15) is 6.42 Å². The molecule has 0 aromatic heterocycles. The van der Waals surface area contributed by atoms with Gasteiger partial charge in [-0.05, 0) is 7.05 Å². The first-order valence-electron chi connectivity index (χ1n) is 5.43. The van der Waals surface area contributed by atoms with E-state index in [4.69, 9.17) is 0 Å². The topological polar surface area (TPSA) is 76.7 Å². The number of hydrazine groups is 2. The Morgan fingerprint density at radius 1 is 1.38 bits per heavy atom. The van der Waals surface area contributed by atoms with Crippen molar-refractivity contribution in [2.24, 2.45) is 0 Å². The van der Waals surface area contributed by atoms with E-state index in [2.05, 4.69) is 28.2 Å². The number of carbonyl (C=O) groups excluding carboxylic acids is 2. The van der Waals surface area contributed by atoms with Gasteiger partial charge in [0.2, 0.25) is 5.91 Å². The maximum Gasteiger partial charge on any atom is 0.253 e. The fraction of sp³-hybridized carbons (Fsp3) is 0.778. The summed E-state index contributed by atoms with van der Waals surface area (Å²) in [6.45, 7) is 3.51. The van der Waals surface area contributed by atoms with Crippen molar-refractivity contribution in [3.05, 3.63) is 0 Å². The minimum absolute atomic E-state index is 0.140. The van der Waals surface area contributed by atoms with Crippen molar-refractivity contribution in [3.63, 3.8) is 0 Å². The Hall–Kier alpha value is -1.18. The van der Waals surface area contributed by atoms with E-state index in [0.717, 1.165) is 26.2 Å². The Labute approximate surface area is 94.1 Å². The highest BCUT2D eigenvalue weighted by atomic mass is 16.2. The molecule has 90 valence electrons. The highest BCUT2D eigenvalue weighted by molar-refractivity contribution is 5.90. The Morgan fingerprint density at radius 2 is 2.06 bits per heavy atom. The second kappa shape index (κ2) is 4.77. The van der Waals surface area contributed by atoms with Gasteiger partial charge in [-0.2, -0.15) is 0 Å². The third-order valence-corrected chi connectivity index (χ3v) is 2.86. The van der Waals surface area contributed by atoms with Gasteiger partial charge in [0.15, 0.2) is 0 Å². The quantitative estimate of drug-likeness (QED) is 0.493. The van der Waals surface area contributed by atoms with Crippen molar-refractivity contribution in [1.29, 1.82) is 0 Å². The summed E-state index contributed by atoms with van der Waals surface area (Å²) < 4.78 is 0. The molecule has 2 aliphatic rings.